The fourth-order valence-electron chi connectivity index (χ4n) is 3.37. The summed E-state index contributed by atoms with van der Waals surface area (Å²) in [5.41, 5.74) is -0.00226. The number of ether oxygens (including phenoxy) is 1. The summed E-state index contributed by atoms with van der Waals surface area (Å²) in [5.74, 6) is 0. The number of hydrogen-bond donors (Lipinski definition) is 2. The van der Waals surface area contributed by atoms with Crippen LogP contribution >= 0.6 is 0 Å². The van der Waals surface area contributed by atoms with Crippen molar-refractivity contribution in [3.05, 3.63) is 0 Å². The second-order valence-corrected chi connectivity index (χ2v) is 6.76. The average molecular weight is 241 g/mol. The van der Waals surface area contributed by atoms with Crippen LogP contribution in [0.15, 0.2) is 0 Å². The summed E-state index contributed by atoms with van der Waals surface area (Å²) in [5, 5.41) is 11.8. The molecular weight excluding hydrogens is 218 g/mol. The van der Waals surface area contributed by atoms with E-state index in [1.807, 2.05) is 20.8 Å². The minimum absolute atomic E-state index is 0.0117. The number of nitrogens with one attached hydrogen (secondary N) is 1. The number of carbonyl (C=O) groups excluding carboxylic acids is 1. The van der Waals surface area contributed by atoms with Crippen LogP contribution in [0.25, 0.3) is 0 Å². The molecular formula is C13H23NO3. The Morgan fingerprint density at radius 1 is 1.35 bits per heavy atom. The molecule has 98 valence electrons. The van der Waals surface area contributed by atoms with Gasteiger partial charge in [-0.3, -0.25) is 0 Å². The molecule has 0 aliphatic heterocycles. The van der Waals surface area contributed by atoms with Gasteiger partial charge in [0.25, 0.3) is 0 Å². The van der Waals surface area contributed by atoms with Gasteiger partial charge in [0.05, 0.1) is 0 Å². The van der Waals surface area contributed by atoms with Crippen molar-refractivity contribution >= 4 is 6.09 Å². The number of rotatable bonds is 4. The zero-order valence-electron chi connectivity index (χ0n) is 11.0. The van der Waals surface area contributed by atoms with E-state index in [1.54, 1.807) is 0 Å². The van der Waals surface area contributed by atoms with Gasteiger partial charge in [-0.15, -0.1) is 0 Å². The van der Waals surface area contributed by atoms with E-state index in [-0.39, 0.29) is 18.2 Å². The van der Waals surface area contributed by atoms with Crippen molar-refractivity contribution in [2.45, 2.75) is 64.0 Å². The van der Waals surface area contributed by atoms with Gasteiger partial charge >= 0.3 is 6.09 Å². The molecule has 3 rings (SSSR count). The Kier molecular flexibility index (Phi) is 2.89. The molecule has 2 N–H and O–H groups in total. The molecule has 2 bridgehead atoms. The van der Waals surface area contributed by atoms with Crippen LogP contribution in [-0.2, 0) is 4.74 Å². The molecule has 0 unspecified atom stereocenters. The number of aliphatic hydroxyl groups is 1. The lowest BCUT2D eigenvalue weighted by Gasteiger charge is -2.70. The summed E-state index contributed by atoms with van der Waals surface area (Å²) in [7, 11) is 0. The Balaban J connectivity index is 1.73. The fraction of sp³-hybridized carbons (Fsp3) is 0.923. The van der Waals surface area contributed by atoms with Crippen molar-refractivity contribution in [1.29, 1.82) is 0 Å². The highest BCUT2D eigenvalue weighted by atomic mass is 16.6. The molecule has 0 saturated heterocycles. The highest BCUT2D eigenvalue weighted by Crippen LogP contribution is 2.69. The Morgan fingerprint density at radius 2 is 1.94 bits per heavy atom. The minimum Gasteiger partial charge on any atom is -0.444 e. The molecule has 3 aliphatic carbocycles. The maximum atomic E-state index is 11.6. The number of hydrogen-bond acceptors (Lipinski definition) is 3. The second kappa shape index (κ2) is 3.87. The van der Waals surface area contributed by atoms with Crippen molar-refractivity contribution in [3.8, 4) is 0 Å². The summed E-state index contributed by atoms with van der Waals surface area (Å²) in [4.78, 5) is 11.6. The van der Waals surface area contributed by atoms with Crippen LogP contribution in [0.4, 0.5) is 4.79 Å². The maximum Gasteiger partial charge on any atom is 0.408 e. The largest absolute Gasteiger partial charge is 0.444 e. The van der Waals surface area contributed by atoms with Crippen LogP contribution in [0.2, 0.25) is 0 Å². The zero-order valence-corrected chi connectivity index (χ0v) is 11.0. The monoisotopic (exact) mass is 241 g/mol. The fourth-order valence-corrected chi connectivity index (χ4v) is 3.37. The first-order valence-electron chi connectivity index (χ1n) is 6.40. The predicted molar refractivity (Wildman–Crippen MR) is 64.7 cm³/mol. The van der Waals surface area contributed by atoms with Gasteiger partial charge in [-0.25, -0.2) is 4.79 Å². The van der Waals surface area contributed by atoms with Gasteiger partial charge in [0.15, 0.2) is 0 Å². The SMILES string of the molecule is CC(C)(C)OC(=O)NC12CC(CCCO)(C1)C2. The molecule has 4 heteroatoms. The Labute approximate surface area is 103 Å². The molecule has 1 amide bonds. The number of aliphatic hydroxyl groups excluding tert-OH is 1. The van der Waals surface area contributed by atoms with E-state index < -0.39 is 5.60 Å². The minimum atomic E-state index is -0.428. The van der Waals surface area contributed by atoms with Crippen LogP contribution < -0.4 is 5.32 Å². The topological polar surface area (TPSA) is 58.6 Å². The van der Waals surface area contributed by atoms with Gasteiger partial charge < -0.3 is 15.2 Å². The number of alkyl carbamates (subject to hydrolysis) is 1. The normalized spacial score (nSPS) is 34.6. The van der Waals surface area contributed by atoms with E-state index in [2.05, 4.69) is 5.32 Å². The Bertz CT molecular complexity index is 299. The molecule has 3 fully saturated rings. The molecule has 0 aromatic rings. The molecule has 0 atom stereocenters. The van der Waals surface area contributed by atoms with Gasteiger partial charge in [0.1, 0.15) is 5.60 Å². The van der Waals surface area contributed by atoms with Gasteiger partial charge in [0, 0.05) is 12.1 Å². The smallest absolute Gasteiger partial charge is 0.408 e. The third-order valence-electron chi connectivity index (χ3n) is 3.77. The lowest BCUT2D eigenvalue weighted by Crippen LogP contribution is -2.74. The standard InChI is InChI=1S/C13H23NO3/c1-11(2,3)17-10(16)14-13-7-12(8-13,9-13)5-4-6-15/h15H,4-9H2,1-3H3,(H,14,16). The molecule has 4 nitrogen and oxygen atoms in total. The third kappa shape index (κ3) is 2.57. The van der Waals surface area contributed by atoms with Crippen LogP contribution in [0.3, 0.4) is 0 Å². The molecule has 0 aromatic carbocycles. The van der Waals surface area contributed by atoms with Crippen molar-refractivity contribution < 1.29 is 14.6 Å². The van der Waals surface area contributed by atoms with E-state index in [0.717, 1.165) is 32.1 Å². The van der Waals surface area contributed by atoms with E-state index in [0.29, 0.717) is 5.41 Å². The summed E-state index contributed by atoms with van der Waals surface area (Å²) in [6, 6.07) is 0. The highest BCUT2D eigenvalue weighted by molar-refractivity contribution is 5.69. The third-order valence-corrected chi connectivity index (χ3v) is 3.77. The van der Waals surface area contributed by atoms with Crippen LogP contribution in [0.5, 0.6) is 0 Å². The van der Waals surface area contributed by atoms with Gasteiger partial charge in [-0.1, -0.05) is 0 Å². The maximum absolute atomic E-state index is 11.6. The quantitative estimate of drug-likeness (QED) is 0.793. The van der Waals surface area contributed by atoms with Crippen LogP contribution in [0.1, 0.15) is 52.9 Å². The molecule has 0 aromatic heterocycles. The Hall–Kier alpha value is -0.770. The van der Waals surface area contributed by atoms with Crippen molar-refractivity contribution in [2.75, 3.05) is 6.61 Å². The molecule has 3 saturated carbocycles. The lowest BCUT2D eigenvalue weighted by atomic mass is 9.38. The zero-order chi connectivity index (χ0) is 12.7. The second-order valence-electron chi connectivity index (χ2n) is 6.76. The summed E-state index contributed by atoms with van der Waals surface area (Å²) >= 11 is 0. The first kappa shape index (κ1) is 12.7. The molecule has 17 heavy (non-hydrogen) atoms. The van der Waals surface area contributed by atoms with Gasteiger partial charge in [0.2, 0.25) is 0 Å². The van der Waals surface area contributed by atoms with E-state index in [1.165, 1.54) is 0 Å². The molecule has 3 aliphatic rings. The van der Waals surface area contributed by atoms with Crippen molar-refractivity contribution in [3.63, 3.8) is 0 Å². The molecule has 0 radical (unpaired) electrons. The van der Waals surface area contributed by atoms with Gasteiger partial charge in [-0.05, 0) is 58.3 Å². The van der Waals surface area contributed by atoms with Crippen LogP contribution in [-0.4, -0.2) is 28.9 Å². The molecule has 0 heterocycles. The summed E-state index contributed by atoms with van der Waals surface area (Å²) < 4.78 is 5.26. The predicted octanol–water partition coefficient (Wildman–Crippen LogP) is 2.21. The first-order chi connectivity index (χ1) is 7.78. The van der Waals surface area contributed by atoms with Crippen molar-refractivity contribution in [1.82, 2.24) is 5.32 Å². The van der Waals surface area contributed by atoms with Crippen LogP contribution in [0, 0.1) is 5.41 Å². The summed E-state index contributed by atoms with van der Waals surface area (Å²) in [6.45, 7) is 5.89. The van der Waals surface area contributed by atoms with Gasteiger partial charge in [-0.2, -0.15) is 0 Å². The lowest BCUT2D eigenvalue weighted by molar-refractivity contribution is -0.158. The number of amides is 1. The summed E-state index contributed by atoms with van der Waals surface area (Å²) in [6.07, 6.45) is 4.83. The Morgan fingerprint density at radius 3 is 2.41 bits per heavy atom. The number of carbonyl (C=O) groups is 1. The van der Waals surface area contributed by atoms with E-state index in [9.17, 15) is 4.79 Å². The van der Waals surface area contributed by atoms with Crippen molar-refractivity contribution in [2.24, 2.45) is 5.41 Å². The molecule has 0 spiro atoms. The first-order valence-corrected chi connectivity index (χ1v) is 6.40. The van der Waals surface area contributed by atoms with E-state index >= 15 is 0 Å². The average Bonchev–Trinajstić information content (AvgIpc) is 2.03. The van der Waals surface area contributed by atoms with E-state index in [4.69, 9.17) is 9.84 Å². The highest BCUT2D eigenvalue weighted by Gasteiger charge is 2.67.